The first-order chi connectivity index (χ1) is 19.3. The lowest BCUT2D eigenvalue weighted by atomic mass is 9.84. The number of rotatable bonds is 3. The van der Waals surface area contributed by atoms with Crippen molar-refractivity contribution < 1.29 is 28.9 Å². The Morgan fingerprint density at radius 1 is 1.15 bits per heavy atom. The van der Waals surface area contributed by atoms with Gasteiger partial charge in [0.05, 0.1) is 12.2 Å². The van der Waals surface area contributed by atoms with Crippen LogP contribution in [0.4, 0.5) is 10.1 Å². The molecule has 0 saturated heterocycles. The number of amides is 1. The molecule has 0 radical (unpaired) electrons. The monoisotopic (exact) mass is 583 g/mol. The summed E-state index contributed by atoms with van der Waals surface area (Å²) in [6, 6.07) is 10.8. The number of benzene rings is 3. The van der Waals surface area contributed by atoms with Gasteiger partial charge in [0.25, 0.3) is 12.4 Å². The van der Waals surface area contributed by atoms with E-state index in [4.69, 9.17) is 31.3 Å². The van der Waals surface area contributed by atoms with Crippen molar-refractivity contribution in [3.63, 3.8) is 0 Å². The Morgan fingerprint density at radius 2 is 1.80 bits per heavy atom. The van der Waals surface area contributed by atoms with Gasteiger partial charge in [0, 0.05) is 28.4 Å². The van der Waals surface area contributed by atoms with Crippen molar-refractivity contribution in [1.82, 2.24) is 0 Å². The highest BCUT2D eigenvalue weighted by Gasteiger charge is 2.31. The number of hydrogen-bond donors (Lipinski definition) is 2. The molecular formula is C33H39ClFNO5. The molecule has 6 nitrogen and oxygen atoms in total. The third-order valence-electron chi connectivity index (χ3n) is 6.99. The Morgan fingerprint density at radius 3 is 2.41 bits per heavy atom. The zero-order valence-electron chi connectivity index (χ0n) is 24.6. The van der Waals surface area contributed by atoms with Crippen molar-refractivity contribution in [3.05, 3.63) is 80.6 Å². The first kappa shape index (κ1) is 32.1. The van der Waals surface area contributed by atoms with Crippen molar-refractivity contribution in [3.8, 4) is 16.9 Å². The number of aryl methyl sites for hydroxylation is 1. The molecule has 0 spiro atoms. The van der Waals surface area contributed by atoms with Gasteiger partial charge in [-0.15, -0.1) is 0 Å². The molecule has 3 aromatic rings. The second-order valence-electron chi connectivity index (χ2n) is 11.2. The molecule has 3 aromatic carbocycles. The Kier molecular flexibility index (Phi) is 10.6. The maximum Gasteiger partial charge on any atom is 0.290 e. The van der Waals surface area contributed by atoms with E-state index in [2.05, 4.69) is 26.8 Å². The second kappa shape index (κ2) is 13.5. The molecule has 2 heterocycles. The zero-order chi connectivity index (χ0) is 30.5. The molecule has 8 heteroatoms. The minimum atomic E-state index is -0.500. The van der Waals surface area contributed by atoms with Gasteiger partial charge in [0.1, 0.15) is 0 Å². The zero-order valence-corrected chi connectivity index (χ0v) is 25.4. The minimum Gasteiger partial charge on any atom is -0.490 e. The molecule has 2 aliphatic rings. The van der Waals surface area contributed by atoms with Crippen molar-refractivity contribution in [2.75, 3.05) is 18.1 Å². The highest BCUT2D eigenvalue weighted by Crippen LogP contribution is 2.45. The molecule has 0 aliphatic carbocycles. The summed E-state index contributed by atoms with van der Waals surface area (Å²) in [6.07, 6.45) is 3.29. The average molecular weight is 584 g/mol. The van der Waals surface area contributed by atoms with Crippen molar-refractivity contribution >= 4 is 29.7 Å². The molecule has 0 bridgehead atoms. The summed E-state index contributed by atoms with van der Waals surface area (Å²) in [6.45, 7) is 12.4. The van der Waals surface area contributed by atoms with Gasteiger partial charge in [0.2, 0.25) is 0 Å². The van der Waals surface area contributed by atoms with Gasteiger partial charge < -0.3 is 19.8 Å². The van der Waals surface area contributed by atoms with Crippen molar-refractivity contribution in [2.24, 2.45) is 0 Å². The van der Waals surface area contributed by atoms with Crippen LogP contribution in [0, 0.1) is 19.7 Å². The molecular weight excluding hydrogens is 545 g/mol. The van der Waals surface area contributed by atoms with E-state index in [1.165, 1.54) is 5.56 Å². The Bertz CT molecular complexity index is 1420. The lowest BCUT2D eigenvalue weighted by molar-refractivity contribution is -0.122. The average Bonchev–Trinajstić information content (AvgIpc) is 3.32. The van der Waals surface area contributed by atoms with E-state index in [1.807, 2.05) is 4.90 Å². The van der Waals surface area contributed by atoms with Crippen molar-refractivity contribution in [1.29, 1.82) is 0 Å². The number of anilines is 1. The fourth-order valence-corrected chi connectivity index (χ4v) is 5.60. The summed E-state index contributed by atoms with van der Waals surface area (Å²) in [4.78, 5) is 23.6. The molecule has 0 aromatic heterocycles. The molecule has 41 heavy (non-hydrogen) atoms. The van der Waals surface area contributed by atoms with E-state index in [1.54, 1.807) is 51.1 Å². The predicted octanol–water partition coefficient (Wildman–Crippen LogP) is 7.33. The predicted molar refractivity (Wildman–Crippen MR) is 162 cm³/mol. The van der Waals surface area contributed by atoms with Crippen LogP contribution in [-0.4, -0.2) is 41.3 Å². The molecule has 0 saturated carbocycles. The van der Waals surface area contributed by atoms with Gasteiger partial charge in [-0.25, -0.2) is 4.39 Å². The number of nitrogens with zero attached hydrogens (tertiary/aromatic N) is 1. The lowest BCUT2D eigenvalue weighted by Gasteiger charge is -2.25. The van der Waals surface area contributed by atoms with Gasteiger partial charge in [0.15, 0.2) is 11.6 Å². The third-order valence-corrected chi connectivity index (χ3v) is 7.23. The van der Waals surface area contributed by atoms with E-state index >= 15 is 4.39 Å². The largest absolute Gasteiger partial charge is 0.490 e. The summed E-state index contributed by atoms with van der Waals surface area (Å²) in [5.41, 5.74) is 8.49. The molecule has 2 N–H and O–H groups in total. The smallest absolute Gasteiger partial charge is 0.290 e. The van der Waals surface area contributed by atoms with E-state index in [0.717, 1.165) is 64.8 Å². The van der Waals surface area contributed by atoms with Gasteiger partial charge >= 0.3 is 0 Å². The van der Waals surface area contributed by atoms with E-state index in [0.29, 0.717) is 29.5 Å². The molecule has 0 fully saturated rings. The summed E-state index contributed by atoms with van der Waals surface area (Å²) < 4.78 is 20.8. The number of carboxylic acid groups (broad SMARTS) is 1. The summed E-state index contributed by atoms with van der Waals surface area (Å²) >= 11 is 6.14. The van der Waals surface area contributed by atoms with E-state index < -0.39 is 5.60 Å². The molecule has 0 unspecified atom stereocenters. The number of ether oxygens (including phenoxy) is 1. The molecule has 1 amide bonds. The summed E-state index contributed by atoms with van der Waals surface area (Å²) in [7, 11) is 0. The highest BCUT2D eigenvalue weighted by molar-refractivity contribution is 6.31. The fraction of sp³-hybridized carbons (Fsp3) is 0.394. The normalized spacial score (nSPS) is 13.5. The Hall–Kier alpha value is -3.42. The summed E-state index contributed by atoms with van der Waals surface area (Å²) in [5.74, 6) is 0.0441. The number of carbonyl (C=O) groups excluding carboxylic acids is 1. The topological polar surface area (TPSA) is 87.1 Å². The van der Waals surface area contributed by atoms with Gasteiger partial charge in [-0.1, -0.05) is 24.6 Å². The van der Waals surface area contributed by atoms with Gasteiger partial charge in [-0.05, 0) is 124 Å². The van der Waals surface area contributed by atoms with Crippen LogP contribution in [0.15, 0.2) is 36.4 Å². The number of halogens is 2. The van der Waals surface area contributed by atoms with Crippen molar-refractivity contribution in [2.45, 2.75) is 72.8 Å². The van der Waals surface area contributed by atoms with E-state index in [-0.39, 0.29) is 18.2 Å². The molecule has 5 rings (SSSR count). The Labute approximate surface area is 246 Å². The Balaban J connectivity index is 0.000000515. The van der Waals surface area contributed by atoms with E-state index in [9.17, 15) is 4.79 Å². The maximum absolute atomic E-state index is 15.1. The first-order valence-corrected chi connectivity index (χ1v) is 14.2. The third kappa shape index (κ3) is 7.46. The van der Waals surface area contributed by atoms with Crippen LogP contribution in [0.3, 0.4) is 0 Å². The number of carbonyl (C=O) groups is 2. The maximum atomic E-state index is 15.1. The first-order valence-electron chi connectivity index (χ1n) is 13.8. The van der Waals surface area contributed by atoms with Crippen LogP contribution >= 0.6 is 11.6 Å². The SMILES string of the molecule is CC(C)(C)O.CCc1c(C)cc2c(c1-c1cc(F)c3c(c1C)CCCO3)CCN2C(=O)c1cccc(Cl)c1.O=CO. The van der Waals surface area contributed by atoms with Crippen LogP contribution in [0.2, 0.25) is 5.02 Å². The standard InChI is InChI=1S/C28H27ClFNO2.C4H10O.CH2O2/c1-4-20-16(2)13-25-22(10-11-31(25)28(32)18-7-5-8-19(29)14-18)26(20)23-15-24(30)27-21(17(23)3)9-6-12-33-27;1-4(2,3)5;2-1-3/h5,7-8,13-15H,4,6,9-12H2,1-3H3;5H,1-3H3;1H,(H,2,3). The van der Waals surface area contributed by atoms with Crippen LogP contribution < -0.4 is 9.64 Å². The lowest BCUT2D eigenvalue weighted by Crippen LogP contribution is -2.28. The van der Waals surface area contributed by atoms with Gasteiger partial charge in [-0.2, -0.15) is 0 Å². The number of fused-ring (bicyclic) bond motifs is 2. The van der Waals surface area contributed by atoms with Crippen LogP contribution in [-0.2, 0) is 24.1 Å². The molecule has 220 valence electrons. The second-order valence-corrected chi connectivity index (χ2v) is 11.6. The van der Waals surface area contributed by atoms with Crippen LogP contribution in [0.25, 0.3) is 11.1 Å². The quantitative estimate of drug-likeness (QED) is 0.315. The van der Waals surface area contributed by atoms with Crippen LogP contribution in [0.1, 0.15) is 72.3 Å². The number of aliphatic hydroxyl groups is 1. The van der Waals surface area contributed by atoms with Gasteiger partial charge in [-0.3, -0.25) is 9.59 Å². The fourth-order valence-electron chi connectivity index (χ4n) is 5.41. The van der Waals surface area contributed by atoms with Crippen LogP contribution in [0.5, 0.6) is 5.75 Å². The summed E-state index contributed by atoms with van der Waals surface area (Å²) in [5, 5.41) is 16.0. The minimum absolute atomic E-state index is 0.0624. The molecule has 0 atom stereocenters. The number of hydrogen-bond acceptors (Lipinski definition) is 4. The molecule has 2 aliphatic heterocycles. The highest BCUT2D eigenvalue weighted by atomic mass is 35.5.